The number of likely N-dealkylation sites (tertiary alicyclic amines) is 1. The summed E-state index contributed by atoms with van der Waals surface area (Å²) in [6, 6.07) is 8.69. The van der Waals surface area contributed by atoms with Crippen molar-refractivity contribution in [2.75, 3.05) is 20.1 Å². The van der Waals surface area contributed by atoms with Crippen molar-refractivity contribution >= 4 is 11.6 Å². The van der Waals surface area contributed by atoms with Gasteiger partial charge in [0.25, 0.3) is 0 Å². The smallest absolute Gasteiger partial charge is 0.0406 e. The second-order valence-electron chi connectivity index (χ2n) is 5.44. The Labute approximate surface area is 115 Å². The first-order valence-electron chi connectivity index (χ1n) is 6.81. The molecule has 0 spiro atoms. The van der Waals surface area contributed by atoms with E-state index in [-0.39, 0.29) is 0 Å². The van der Waals surface area contributed by atoms with Crippen molar-refractivity contribution in [2.24, 2.45) is 5.92 Å². The Kier molecular flexibility index (Phi) is 5.04. The summed E-state index contributed by atoms with van der Waals surface area (Å²) in [5.41, 5.74) is 1.30. The maximum Gasteiger partial charge on any atom is 0.0406 e. The fourth-order valence-corrected chi connectivity index (χ4v) is 2.70. The van der Waals surface area contributed by atoms with Crippen LogP contribution in [0.15, 0.2) is 24.3 Å². The minimum Gasteiger partial charge on any atom is -0.310 e. The third-order valence-corrected chi connectivity index (χ3v) is 4.26. The molecule has 2 rings (SSSR count). The maximum atomic E-state index is 5.88. The molecule has 0 amide bonds. The lowest BCUT2D eigenvalue weighted by Gasteiger charge is -2.33. The summed E-state index contributed by atoms with van der Waals surface area (Å²) in [7, 11) is 2.21. The van der Waals surface area contributed by atoms with Crippen molar-refractivity contribution in [1.82, 2.24) is 10.2 Å². The van der Waals surface area contributed by atoms with Crippen molar-refractivity contribution in [1.29, 1.82) is 0 Å². The molecule has 1 fully saturated rings. The van der Waals surface area contributed by atoms with E-state index in [0.717, 1.165) is 17.5 Å². The summed E-state index contributed by atoms with van der Waals surface area (Å²) in [6.07, 6.45) is 2.62. The molecule has 0 saturated carbocycles. The van der Waals surface area contributed by atoms with Gasteiger partial charge in [-0.3, -0.25) is 0 Å². The number of rotatable bonds is 4. The van der Waals surface area contributed by atoms with E-state index in [1.165, 1.54) is 31.5 Å². The van der Waals surface area contributed by atoms with Crippen LogP contribution in [0.5, 0.6) is 0 Å². The molecule has 18 heavy (non-hydrogen) atoms. The van der Waals surface area contributed by atoms with Gasteiger partial charge in [0.1, 0.15) is 0 Å². The van der Waals surface area contributed by atoms with E-state index in [1.54, 1.807) is 0 Å². The number of halogens is 1. The van der Waals surface area contributed by atoms with E-state index >= 15 is 0 Å². The number of nitrogens with one attached hydrogen (secondary N) is 1. The summed E-state index contributed by atoms with van der Waals surface area (Å²) in [4.78, 5) is 2.42. The Bertz CT molecular complexity index is 355. The minimum absolute atomic E-state index is 0.592. The van der Waals surface area contributed by atoms with Gasteiger partial charge in [-0.1, -0.05) is 23.7 Å². The average Bonchev–Trinajstić information content (AvgIpc) is 2.38. The first-order chi connectivity index (χ1) is 8.65. The quantitative estimate of drug-likeness (QED) is 0.901. The highest BCUT2D eigenvalue weighted by Crippen LogP contribution is 2.20. The monoisotopic (exact) mass is 266 g/mol. The predicted octanol–water partition coefficient (Wildman–Crippen LogP) is 3.16. The molecule has 1 aliphatic heterocycles. The molecule has 1 heterocycles. The molecule has 1 atom stereocenters. The molecular weight excluding hydrogens is 244 g/mol. The van der Waals surface area contributed by atoms with Crippen molar-refractivity contribution in [3.05, 3.63) is 34.9 Å². The number of hydrogen-bond acceptors (Lipinski definition) is 2. The molecule has 1 saturated heterocycles. The first-order valence-corrected chi connectivity index (χ1v) is 7.19. The minimum atomic E-state index is 0.592. The fraction of sp³-hybridized carbons (Fsp3) is 0.600. The molecule has 1 aromatic carbocycles. The van der Waals surface area contributed by atoms with Crippen molar-refractivity contribution in [3.8, 4) is 0 Å². The van der Waals surface area contributed by atoms with Crippen molar-refractivity contribution < 1.29 is 0 Å². The van der Waals surface area contributed by atoms with Gasteiger partial charge < -0.3 is 10.2 Å². The van der Waals surface area contributed by atoms with Gasteiger partial charge in [0.05, 0.1) is 0 Å². The number of piperidine rings is 1. The molecule has 1 aromatic rings. The molecule has 0 radical (unpaired) electrons. The molecule has 0 aromatic heterocycles. The van der Waals surface area contributed by atoms with Crippen LogP contribution >= 0.6 is 11.6 Å². The number of nitrogens with zero attached hydrogens (tertiary/aromatic N) is 1. The second kappa shape index (κ2) is 6.55. The third kappa shape index (κ3) is 3.98. The van der Waals surface area contributed by atoms with Crippen LogP contribution in [0.25, 0.3) is 0 Å². The second-order valence-corrected chi connectivity index (χ2v) is 5.87. The van der Waals surface area contributed by atoms with Crippen molar-refractivity contribution in [2.45, 2.75) is 32.4 Å². The van der Waals surface area contributed by atoms with E-state index in [0.29, 0.717) is 6.04 Å². The van der Waals surface area contributed by atoms with Crippen LogP contribution in [-0.2, 0) is 6.54 Å². The molecule has 0 bridgehead atoms. The van der Waals surface area contributed by atoms with Gasteiger partial charge >= 0.3 is 0 Å². The maximum absolute atomic E-state index is 5.88. The molecule has 1 unspecified atom stereocenters. The lowest BCUT2D eigenvalue weighted by molar-refractivity contribution is 0.189. The molecule has 3 heteroatoms. The van der Waals surface area contributed by atoms with Gasteiger partial charge in [0.2, 0.25) is 0 Å². The van der Waals surface area contributed by atoms with Gasteiger partial charge in [0, 0.05) is 17.6 Å². The standard InChI is InChI=1S/C15H23ClN2/c1-12(14-7-9-18(2)10-8-14)17-11-13-3-5-15(16)6-4-13/h3-6,12,14,17H,7-11H2,1-2H3. The third-order valence-electron chi connectivity index (χ3n) is 4.01. The molecule has 1 N–H and O–H groups in total. The largest absolute Gasteiger partial charge is 0.310 e. The highest BCUT2D eigenvalue weighted by atomic mass is 35.5. The Balaban J connectivity index is 1.77. The summed E-state index contributed by atoms with van der Waals surface area (Å²) in [5, 5.41) is 4.45. The van der Waals surface area contributed by atoms with Crippen LogP contribution in [0.4, 0.5) is 0 Å². The Morgan fingerprint density at radius 1 is 1.28 bits per heavy atom. The van der Waals surface area contributed by atoms with Crippen LogP contribution in [0.3, 0.4) is 0 Å². The van der Waals surface area contributed by atoms with Gasteiger partial charge in [-0.2, -0.15) is 0 Å². The molecule has 0 aliphatic carbocycles. The Hall–Kier alpha value is -0.570. The Morgan fingerprint density at radius 3 is 2.50 bits per heavy atom. The van der Waals surface area contributed by atoms with E-state index in [1.807, 2.05) is 12.1 Å². The van der Waals surface area contributed by atoms with Crippen LogP contribution < -0.4 is 5.32 Å². The van der Waals surface area contributed by atoms with Crippen LogP contribution in [0.1, 0.15) is 25.3 Å². The van der Waals surface area contributed by atoms with Gasteiger partial charge in [-0.05, 0) is 63.5 Å². The van der Waals surface area contributed by atoms with Gasteiger partial charge in [-0.15, -0.1) is 0 Å². The molecule has 2 nitrogen and oxygen atoms in total. The molecule has 100 valence electrons. The number of hydrogen-bond donors (Lipinski definition) is 1. The van der Waals surface area contributed by atoms with Gasteiger partial charge in [0.15, 0.2) is 0 Å². The lowest BCUT2D eigenvalue weighted by Crippen LogP contribution is -2.40. The average molecular weight is 267 g/mol. The zero-order chi connectivity index (χ0) is 13.0. The predicted molar refractivity (Wildman–Crippen MR) is 78.0 cm³/mol. The topological polar surface area (TPSA) is 15.3 Å². The fourth-order valence-electron chi connectivity index (χ4n) is 2.58. The Morgan fingerprint density at radius 2 is 1.89 bits per heavy atom. The normalized spacial score (nSPS) is 19.9. The highest BCUT2D eigenvalue weighted by Gasteiger charge is 2.21. The number of benzene rings is 1. The van der Waals surface area contributed by atoms with Crippen LogP contribution in [0.2, 0.25) is 5.02 Å². The van der Waals surface area contributed by atoms with E-state index in [4.69, 9.17) is 11.6 Å². The summed E-state index contributed by atoms with van der Waals surface area (Å²) < 4.78 is 0. The van der Waals surface area contributed by atoms with Gasteiger partial charge in [-0.25, -0.2) is 0 Å². The summed E-state index contributed by atoms with van der Waals surface area (Å²) in [5.74, 6) is 0.813. The highest BCUT2D eigenvalue weighted by molar-refractivity contribution is 6.30. The zero-order valence-electron chi connectivity index (χ0n) is 11.3. The van der Waals surface area contributed by atoms with Crippen molar-refractivity contribution in [3.63, 3.8) is 0 Å². The molecular formula is C15H23ClN2. The summed E-state index contributed by atoms with van der Waals surface area (Å²) >= 11 is 5.88. The van der Waals surface area contributed by atoms with Crippen LogP contribution in [-0.4, -0.2) is 31.1 Å². The van der Waals surface area contributed by atoms with E-state index in [9.17, 15) is 0 Å². The first kappa shape index (κ1) is 13.9. The molecule has 1 aliphatic rings. The van der Waals surface area contributed by atoms with E-state index < -0.39 is 0 Å². The summed E-state index contributed by atoms with van der Waals surface area (Å²) in [6.45, 7) is 5.71. The lowest BCUT2D eigenvalue weighted by atomic mass is 9.90. The van der Waals surface area contributed by atoms with E-state index in [2.05, 4.69) is 36.3 Å². The SMILES string of the molecule is CC(NCc1ccc(Cl)cc1)C1CCN(C)CC1. The van der Waals surface area contributed by atoms with Crippen LogP contribution in [0, 0.1) is 5.92 Å². The zero-order valence-corrected chi connectivity index (χ0v) is 12.1.